The van der Waals surface area contributed by atoms with E-state index in [-0.39, 0.29) is 14.3 Å². The second-order valence-corrected chi connectivity index (χ2v) is 1.43. The smallest absolute Gasteiger partial charge is 0.370 e. The number of carbonyl (C=O) groups is 2. The average Bonchev–Trinajstić information content (AvgIpc) is 1.61. The summed E-state index contributed by atoms with van der Waals surface area (Å²) >= 11 is 0. The van der Waals surface area contributed by atoms with E-state index in [9.17, 15) is 9.59 Å². The second kappa shape index (κ2) is 3.01. The molecule has 4 heteroatoms. The predicted molar refractivity (Wildman–Crippen MR) is 28.7 cm³/mol. The summed E-state index contributed by atoms with van der Waals surface area (Å²) in [4.78, 5) is 19.8. The molecule has 0 spiro atoms. The molecule has 0 atom stereocenters. The standard InChI is InChI=1S/C4H8N2O2/c5-3(7)1-2-4(6)8/h1-2H2,(H2,5,7)(H2,6,8)/p+1. The van der Waals surface area contributed by atoms with Gasteiger partial charge in [0.15, 0.2) is 0 Å². The Morgan fingerprint density at radius 2 is 1.38 bits per heavy atom. The molecule has 4 N–H and O–H groups in total. The zero-order valence-corrected chi connectivity index (χ0v) is 4.39. The maximum Gasteiger partial charge on any atom is 1.00 e. The first-order valence-corrected chi connectivity index (χ1v) is 2.19. The summed E-state index contributed by atoms with van der Waals surface area (Å²) in [7, 11) is 0. The van der Waals surface area contributed by atoms with Crippen molar-refractivity contribution in [2.75, 3.05) is 0 Å². The van der Waals surface area contributed by atoms with Crippen molar-refractivity contribution in [3.05, 3.63) is 0 Å². The topological polar surface area (TPSA) is 86.2 Å². The molecule has 46 valence electrons. The van der Waals surface area contributed by atoms with E-state index in [1.165, 1.54) is 0 Å². The monoisotopic (exact) mass is 117 g/mol. The van der Waals surface area contributed by atoms with Gasteiger partial charge in [-0.3, -0.25) is 9.59 Å². The van der Waals surface area contributed by atoms with Crippen LogP contribution in [0.5, 0.6) is 0 Å². The number of carbonyl (C=O) groups excluding carboxylic acids is 2. The molecule has 0 rings (SSSR count). The number of primary amides is 2. The molecule has 0 radical (unpaired) electrons. The van der Waals surface area contributed by atoms with Gasteiger partial charge in [-0.15, -0.1) is 0 Å². The van der Waals surface area contributed by atoms with Crippen molar-refractivity contribution in [3.63, 3.8) is 0 Å². The fourth-order valence-electron chi connectivity index (χ4n) is 0.246. The zero-order valence-electron chi connectivity index (χ0n) is 5.39. The fourth-order valence-corrected chi connectivity index (χ4v) is 0.246. The van der Waals surface area contributed by atoms with Crippen LogP contribution in [0.2, 0.25) is 0 Å². The van der Waals surface area contributed by atoms with E-state index in [1.807, 2.05) is 0 Å². The van der Waals surface area contributed by atoms with Crippen LogP contribution >= 0.6 is 0 Å². The van der Waals surface area contributed by atoms with Crippen LogP contribution in [-0.2, 0) is 9.59 Å². The molecule has 0 aliphatic carbocycles. The van der Waals surface area contributed by atoms with Gasteiger partial charge in [0.2, 0.25) is 11.8 Å². The Bertz CT molecular complexity index is 101. The molecule has 0 aliphatic heterocycles. The molecule has 0 aromatic heterocycles. The molecular weight excluding hydrogens is 108 g/mol. The number of amides is 2. The van der Waals surface area contributed by atoms with Gasteiger partial charge >= 0.3 is 1.43 Å². The lowest BCUT2D eigenvalue weighted by Crippen LogP contribution is -2.16. The van der Waals surface area contributed by atoms with Crippen molar-refractivity contribution >= 4 is 11.8 Å². The Hall–Kier alpha value is -1.06. The summed E-state index contributed by atoms with van der Waals surface area (Å²) in [6.07, 6.45) is 0.102. The number of nitrogens with two attached hydrogens (primary N) is 2. The highest BCUT2D eigenvalue weighted by Crippen LogP contribution is 1.82. The number of hydrogen-bond acceptors (Lipinski definition) is 2. The molecule has 0 unspecified atom stereocenters. The summed E-state index contributed by atoms with van der Waals surface area (Å²) in [5.41, 5.74) is 9.39. The molecule has 4 nitrogen and oxygen atoms in total. The van der Waals surface area contributed by atoms with Crippen LogP contribution in [-0.4, -0.2) is 11.8 Å². The quantitative estimate of drug-likeness (QED) is 0.489. The molecule has 0 heterocycles. The van der Waals surface area contributed by atoms with E-state index in [1.54, 1.807) is 0 Å². The number of rotatable bonds is 3. The third-order valence-corrected chi connectivity index (χ3v) is 0.618. The zero-order chi connectivity index (χ0) is 6.57. The van der Waals surface area contributed by atoms with Crippen LogP contribution in [0.15, 0.2) is 0 Å². The molecule has 0 saturated heterocycles. The van der Waals surface area contributed by atoms with E-state index >= 15 is 0 Å². The minimum atomic E-state index is -0.496. The molecule has 0 saturated carbocycles. The van der Waals surface area contributed by atoms with Crippen LogP contribution in [0, 0.1) is 0 Å². The van der Waals surface area contributed by atoms with E-state index in [0.29, 0.717) is 0 Å². The van der Waals surface area contributed by atoms with Crippen molar-refractivity contribution < 1.29 is 11.0 Å². The third-order valence-electron chi connectivity index (χ3n) is 0.618. The molecule has 0 aromatic carbocycles. The lowest BCUT2D eigenvalue weighted by molar-refractivity contribution is -0.123. The van der Waals surface area contributed by atoms with E-state index in [0.717, 1.165) is 0 Å². The predicted octanol–water partition coefficient (Wildman–Crippen LogP) is -1.15. The highest BCUT2D eigenvalue weighted by Gasteiger charge is 1.96. The molecule has 0 aliphatic rings. The minimum Gasteiger partial charge on any atom is -0.370 e. The minimum absolute atomic E-state index is 0. The van der Waals surface area contributed by atoms with Crippen molar-refractivity contribution in [3.8, 4) is 0 Å². The average molecular weight is 117 g/mol. The van der Waals surface area contributed by atoms with Gasteiger partial charge < -0.3 is 11.5 Å². The van der Waals surface area contributed by atoms with Crippen molar-refractivity contribution in [1.29, 1.82) is 0 Å². The molecular formula is C4H9N2O2+. The van der Waals surface area contributed by atoms with Gasteiger partial charge in [0, 0.05) is 12.8 Å². The maximum absolute atomic E-state index is 9.92. The Morgan fingerprint density at radius 3 is 1.50 bits per heavy atom. The fraction of sp³-hybridized carbons (Fsp3) is 0.500. The van der Waals surface area contributed by atoms with Gasteiger partial charge in [0.25, 0.3) is 0 Å². The Kier molecular flexibility index (Phi) is 2.61. The van der Waals surface area contributed by atoms with E-state index < -0.39 is 11.8 Å². The summed E-state index contributed by atoms with van der Waals surface area (Å²) in [5, 5.41) is 0. The summed E-state index contributed by atoms with van der Waals surface area (Å²) in [6, 6.07) is 0. The summed E-state index contributed by atoms with van der Waals surface area (Å²) in [5.74, 6) is -0.993. The Labute approximate surface area is 48.3 Å². The van der Waals surface area contributed by atoms with Crippen LogP contribution in [0.1, 0.15) is 14.3 Å². The highest BCUT2D eigenvalue weighted by molar-refractivity contribution is 5.81. The third kappa shape index (κ3) is 4.94. The maximum atomic E-state index is 9.92. The van der Waals surface area contributed by atoms with Gasteiger partial charge in [-0.05, 0) is 0 Å². The lowest BCUT2D eigenvalue weighted by atomic mass is 10.3. The van der Waals surface area contributed by atoms with E-state index in [4.69, 9.17) is 11.5 Å². The largest absolute Gasteiger partial charge is 1.00 e. The van der Waals surface area contributed by atoms with Crippen molar-refractivity contribution in [2.45, 2.75) is 12.8 Å². The van der Waals surface area contributed by atoms with Crippen LogP contribution in [0.4, 0.5) is 0 Å². The summed E-state index contributed by atoms with van der Waals surface area (Å²) < 4.78 is 0. The van der Waals surface area contributed by atoms with Crippen LogP contribution < -0.4 is 11.5 Å². The molecule has 8 heavy (non-hydrogen) atoms. The molecule has 0 bridgehead atoms. The lowest BCUT2D eigenvalue weighted by Gasteiger charge is -1.87. The Morgan fingerprint density at radius 1 is 1.12 bits per heavy atom. The van der Waals surface area contributed by atoms with Crippen molar-refractivity contribution in [2.24, 2.45) is 11.5 Å². The molecule has 0 fully saturated rings. The van der Waals surface area contributed by atoms with Crippen molar-refractivity contribution in [1.82, 2.24) is 0 Å². The van der Waals surface area contributed by atoms with Gasteiger partial charge in [-0.2, -0.15) is 0 Å². The molecule has 2 amide bonds. The molecule has 0 aromatic rings. The van der Waals surface area contributed by atoms with Gasteiger partial charge in [-0.25, -0.2) is 0 Å². The Balaban J connectivity index is 0. The van der Waals surface area contributed by atoms with E-state index in [2.05, 4.69) is 0 Å². The normalized spacial score (nSPS) is 8.50. The van der Waals surface area contributed by atoms with Gasteiger partial charge in [-0.1, -0.05) is 0 Å². The first kappa shape index (κ1) is 6.94. The summed E-state index contributed by atoms with van der Waals surface area (Å²) in [6.45, 7) is 0. The van der Waals surface area contributed by atoms with Crippen LogP contribution in [0.3, 0.4) is 0 Å². The highest BCUT2D eigenvalue weighted by atomic mass is 16.2. The van der Waals surface area contributed by atoms with Gasteiger partial charge in [0.05, 0.1) is 0 Å². The second-order valence-electron chi connectivity index (χ2n) is 1.43. The first-order chi connectivity index (χ1) is 3.63. The van der Waals surface area contributed by atoms with Gasteiger partial charge in [0.1, 0.15) is 0 Å². The van der Waals surface area contributed by atoms with Crippen LogP contribution in [0.25, 0.3) is 0 Å². The number of hydrogen-bond donors (Lipinski definition) is 2. The first-order valence-electron chi connectivity index (χ1n) is 2.19. The SMILES string of the molecule is NC(=O)CCC(N)=O.[H+].